The van der Waals surface area contributed by atoms with E-state index in [1.165, 1.54) is 0 Å². The van der Waals surface area contributed by atoms with E-state index in [9.17, 15) is 4.79 Å². The summed E-state index contributed by atoms with van der Waals surface area (Å²) in [6.45, 7) is 5.94. The molecule has 0 bridgehead atoms. The van der Waals surface area contributed by atoms with Crippen LogP contribution in [0, 0.1) is 6.92 Å². The maximum Gasteiger partial charge on any atom is 0.251 e. The van der Waals surface area contributed by atoms with Crippen molar-refractivity contribution in [3.8, 4) is 11.5 Å². The smallest absolute Gasteiger partial charge is 0.251 e. The average molecular weight is 498 g/mol. The number of methoxy groups -OCH3 is 1. The minimum absolute atomic E-state index is 0.0384. The van der Waals surface area contributed by atoms with E-state index >= 15 is 0 Å². The minimum atomic E-state index is -0.0384. The van der Waals surface area contributed by atoms with Gasteiger partial charge in [0.2, 0.25) is 0 Å². The van der Waals surface area contributed by atoms with Crippen LogP contribution in [-0.4, -0.2) is 35.7 Å². The summed E-state index contributed by atoms with van der Waals surface area (Å²) in [5, 5.41) is 3.03. The van der Waals surface area contributed by atoms with Gasteiger partial charge in [0.1, 0.15) is 5.82 Å². The Morgan fingerprint density at radius 3 is 2.70 bits per heavy atom. The molecule has 0 spiro atoms. The second-order valence-electron chi connectivity index (χ2n) is 9.01. The first kappa shape index (κ1) is 26.0. The lowest BCUT2D eigenvalue weighted by Crippen LogP contribution is -2.25. The number of ether oxygens (including phenoxy) is 2. The van der Waals surface area contributed by atoms with Crippen molar-refractivity contribution in [1.29, 1.82) is 0 Å². The van der Waals surface area contributed by atoms with Crippen LogP contribution in [0.25, 0.3) is 17.1 Å². The van der Waals surface area contributed by atoms with E-state index in [2.05, 4.69) is 16.0 Å². The number of rotatable bonds is 12. The molecule has 192 valence electrons. The molecule has 0 aliphatic heterocycles. The fourth-order valence-corrected chi connectivity index (χ4v) is 4.41. The highest BCUT2D eigenvalue weighted by atomic mass is 16.5. The number of fused-ring (bicyclic) bond motifs is 1. The van der Waals surface area contributed by atoms with Crippen molar-refractivity contribution in [2.24, 2.45) is 0 Å². The van der Waals surface area contributed by atoms with Gasteiger partial charge in [0.05, 0.1) is 24.8 Å². The van der Waals surface area contributed by atoms with Crippen molar-refractivity contribution in [2.45, 2.75) is 39.7 Å². The Hall–Kier alpha value is -4.06. The number of aryl methyl sites for hydroxylation is 3. The predicted octanol–water partition coefficient (Wildman–Crippen LogP) is 6.22. The molecule has 0 fully saturated rings. The monoisotopic (exact) mass is 497 g/mol. The van der Waals surface area contributed by atoms with E-state index in [0.29, 0.717) is 18.7 Å². The molecule has 1 aromatic heterocycles. The van der Waals surface area contributed by atoms with Crippen LogP contribution in [0.2, 0.25) is 0 Å². The summed E-state index contributed by atoms with van der Waals surface area (Å²) in [7, 11) is 1.66. The number of carbonyl (C=O) groups excluding carboxylic acids is 1. The lowest BCUT2D eigenvalue weighted by Gasteiger charge is -2.13. The lowest BCUT2D eigenvalue weighted by molar-refractivity contribution is 0.0953. The topological polar surface area (TPSA) is 65.4 Å². The van der Waals surface area contributed by atoms with E-state index in [1.54, 1.807) is 7.11 Å². The zero-order valence-corrected chi connectivity index (χ0v) is 21.9. The van der Waals surface area contributed by atoms with E-state index in [0.717, 1.165) is 65.3 Å². The summed E-state index contributed by atoms with van der Waals surface area (Å²) in [6.07, 6.45) is 6.46. The minimum Gasteiger partial charge on any atom is -0.493 e. The highest BCUT2D eigenvalue weighted by Crippen LogP contribution is 2.29. The fourth-order valence-electron chi connectivity index (χ4n) is 4.41. The van der Waals surface area contributed by atoms with Gasteiger partial charge in [0, 0.05) is 25.1 Å². The maximum atomic E-state index is 12.4. The van der Waals surface area contributed by atoms with Crippen LogP contribution in [-0.2, 0) is 13.0 Å². The van der Waals surface area contributed by atoms with Crippen LogP contribution in [0.15, 0.2) is 72.8 Å². The molecule has 4 rings (SSSR count). The normalized spacial score (nSPS) is 11.2. The molecule has 37 heavy (non-hydrogen) atoms. The molecule has 6 nitrogen and oxygen atoms in total. The van der Waals surface area contributed by atoms with Crippen LogP contribution >= 0.6 is 0 Å². The molecule has 0 saturated carbocycles. The van der Waals surface area contributed by atoms with Crippen molar-refractivity contribution in [3.05, 3.63) is 95.3 Å². The standard InChI is InChI=1S/C31H35N3O3/c1-4-10-24-16-17-28(29(22-24)36-3)37-20-9-19-34-27-14-6-5-13-26(27)33-30(34)15-8-18-32-31(35)25-12-7-11-23(2)21-25/h4-7,10-14,16-17,21-22H,8-9,15,18-20H2,1-3H3,(H,32,35)/b10-4+. The van der Waals surface area contributed by atoms with Crippen molar-refractivity contribution in [2.75, 3.05) is 20.3 Å². The summed E-state index contributed by atoms with van der Waals surface area (Å²) < 4.78 is 13.8. The number of nitrogens with one attached hydrogen (secondary N) is 1. The highest BCUT2D eigenvalue weighted by molar-refractivity contribution is 5.94. The molecule has 0 unspecified atom stereocenters. The third-order valence-electron chi connectivity index (χ3n) is 6.21. The summed E-state index contributed by atoms with van der Waals surface area (Å²) in [6, 6.07) is 21.8. The molecule has 0 atom stereocenters. The van der Waals surface area contributed by atoms with Gasteiger partial charge in [-0.3, -0.25) is 4.79 Å². The van der Waals surface area contributed by atoms with Gasteiger partial charge in [0.15, 0.2) is 11.5 Å². The van der Waals surface area contributed by atoms with Gasteiger partial charge in [-0.15, -0.1) is 0 Å². The van der Waals surface area contributed by atoms with Crippen molar-refractivity contribution < 1.29 is 14.3 Å². The molecule has 6 heteroatoms. The van der Waals surface area contributed by atoms with Gasteiger partial charge in [0.25, 0.3) is 5.91 Å². The van der Waals surface area contributed by atoms with Crippen molar-refractivity contribution >= 4 is 23.0 Å². The zero-order chi connectivity index (χ0) is 26.0. The van der Waals surface area contributed by atoms with Gasteiger partial charge in [-0.1, -0.05) is 48.0 Å². The van der Waals surface area contributed by atoms with E-state index in [4.69, 9.17) is 14.5 Å². The third kappa shape index (κ3) is 6.79. The zero-order valence-electron chi connectivity index (χ0n) is 21.9. The molecule has 0 saturated heterocycles. The number of allylic oxidation sites excluding steroid dienone is 1. The fraction of sp³-hybridized carbons (Fsp3) is 0.290. The number of amides is 1. The lowest BCUT2D eigenvalue weighted by atomic mass is 10.1. The Morgan fingerprint density at radius 2 is 1.89 bits per heavy atom. The molecular weight excluding hydrogens is 462 g/mol. The molecule has 1 N–H and O–H groups in total. The summed E-state index contributed by atoms with van der Waals surface area (Å²) >= 11 is 0. The first-order valence-electron chi connectivity index (χ1n) is 12.8. The Morgan fingerprint density at radius 1 is 1.03 bits per heavy atom. The molecule has 0 radical (unpaired) electrons. The second kappa shape index (κ2) is 12.8. The number of imidazole rings is 1. The predicted molar refractivity (Wildman–Crippen MR) is 149 cm³/mol. The van der Waals surface area contributed by atoms with E-state index in [-0.39, 0.29) is 5.91 Å². The summed E-state index contributed by atoms with van der Waals surface area (Å²) in [5.41, 5.74) is 4.96. The van der Waals surface area contributed by atoms with Gasteiger partial charge in [-0.25, -0.2) is 4.98 Å². The number of carbonyl (C=O) groups is 1. The maximum absolute atomic E-state index is 12.4. The number of benzene rings is 3. The van der Waals surface area contributed by atoms with Crippen LogP contribution < -0.4 is 14.8 Å². The Balaban J connectivity index is 1.34. The van der Waals surface area contributed by atoms with E-state index in [1.807, 2.05) is 86.7 Å². The Labute approximate surface area is 218 Å². The van der Waals surface area contributed by atoms with Crippen LogP contribution in [0.5, 0.6) is 11.5 Å². The van der Waals surface area contributed by atoms with Gasteiger partial charge >= 0.3 is 0 Å². The van der Waals surface area contributed by atoms with Gasteiger partial charge in [-0.2, -0.15) is 0 Å². The molecule has 0 aliphatic rings. The number of hydrogen-bond donors (Lipinski definition) is 1. The van der Waals surface area contributed by atoms with Gasteiger partial charge in [-0.05, 0) is 68.7 Å². The second-order valence-corrected chi connectivity index (χ2v) is 9.01. The highest BCUT2D eigenvalue weighted by Gasteiger charge is 2.12. The van der Waals surface area contributed by atoms with Crippen molar-refractivity contribution in [1.82, 2.24) is 14.9 Å². The Kier molecular flexibility index (Phi) is 8.98. The molecule has 1 heterocycles. The number of nitrogens with zero attached hydrogens (tertiary/aromatic N) is 2. The first-order valence-corrected chi connectivity index (χ1v) is 12.8. The van der Waals surface area contributed by atoms with Gasteiger partial charge < -0.3 is 19.4 Å². The summed E-state index contributed by atoms with van der Waals surface area (Å²) in [5.74, 6) is 2.47. The van der Waals surface area contributed by atoms with Crippen LogP contribution in [0.3, 0.4) is 0 Å². The molecule has 4 aromatic rings. The van der Waals surface area contributed by atoms with Crippen molar-refractivity contribution in [3.63, 3.8) is 0 Å². The number of hydrogen-bond acceptors (Lipinski definition) is 4. The molecular formula is C31H35N3O3. The number of para-hydroxylation sites is 2. The molecule has 1 amide bonds. The van der Waals surface area contributed by atoms with E-state index < -0.39 is 0 Å². The third-order valence-corrected chi connectivity index (χ3v) is 6.21. The van der Waals surface area contributed by atoms with Crippen LogP contribution in [0.4, 0.5) is 0 Å². The molecule has 3 aromatic carbocycles. The molecule has 0 aliphatic carbocycles. The SMILES string of the molecule is C/C=C/c1ccc(OCCCn2c(CCCNC(=O)c3cccc(C)c3)nc3ccccc32)c(OC)c1. The Bertz CT molecular complexity index is 1370. The number of aromatic nitrogens is 2. The quantitative estimate of drug-likeness (QED) is 0.236. The first-order chi connectivity index (χ1) is 18.1. The largest absolute Gasteiger partial charge is 0.493 e. The summed E-state index contributed by atoms with van der Waals surface area (Å²) in [4.78, 5) is 17.3. The van der Waals surface area contributed by atoms with Crippen LogP contribution in [0.1, 0.15) is 47.1 Å². The average Bonchev–Trinajstić information content (AvgIpc) is 3.27.